The predicted molar refractivity (Wildman–Crippen MR) is 101 cm³/mol. The maximum absolute atomic E-state index is 12.6. The number of rotatable bonds is 5. The van der Waals surface area contributed by atoms with Crippen LogP contribution in [-0.4, -0.2) is 64.9 Å². The van der Waals surface area contributed by atoms with Crippen LogP contribution in [0.4, 0.5) is 5.69 Å². The normalized spacial score (nSPS) is 21.6. The zero-order chi connectivity index (χ0) is 19.2. The monoisotopic (exact) mass is 373 g/mol. The quantitative estimate of drug-likeness (QED) is 0.821. The van der Waals surface area contributed by atoms with E-state index in [1.165, 1.54) is 0 Å². The van der Waals surface area contributed by atoms with Crippen LogP contribution in [0.25, 0.3) is 0 Å². The number of hydrogen-bond donors (Lipinski definition) is 2. The van der Waals surface area contributed by atoms with Crippen molar-refractivity contribution in [2.45, 2.75) is 38.1 Å². The van der Waals surface area contributed by atoms with Crippen LogP contribution < -0.4 is 5.32 Å². The third kappa shape index (κ3) is 5.07. The molecule has 1 aromatic rings. The number of nitrogens with one attached hydrogen (secondary N) is 1. The summed E-state index contributed by atoms with van der Waals surface area (Å²) in [4.78, 5) is 39.9. The molecule has 1 unspecified atom stereocenters. The molecule has 0 aliphatic carbocycles. The highest BCUT2D eigenvalue weighted by Crippen LogP contribution is 2.21. The highest BCUT2D eigenvalue weighted by Gasteiger charge is 2.32. The molecule has 1 atom stereocenters. The molecule has 7 nitrogen and oxygen atoms in total. The van der Waals surface area contributed by atoms with Gasteiger partial charge in [0.25, 0.3) is 0 Å². The number of para-hydroxylation sites is 1. The molecule has 2 amide bonds. The van der Waals surface area contributed by atoms with E-state index in [-0.39, 0.29) is 24.3 Å². The van der Waals surface area contributed by atoms with Gasteiger partial charge < -0.3 is 15.3 Å². The standard InChI is InChI=1S/C20H27N3O4/c24-18(14-23-11-5-4-8-17(23)20(26)27)22-12-9-15(10-13-22)19(25)21-16-6-2-1-3-7-16/h1-3,6-7,15,17H,4-5,8-14H2,(H,21,25)(H,26,27). The van der Waals surface area contributed by atoms with Crippen molar-refractivity contribution in [1.29, 1.82) is 0 Å². The number of anilines is 1. The molecule has 0 aromatic heterocycles. The third-order valence-corrected chi connectivity index (χ3v) is 5.50. The Labute approximate surface area is 159 Å². The Balaban J connectivity index is 1.47. The van der Waals surface area contributed by atoms with Crippen LogP contribution in [0, 0.1) is 5.92 Å². The van der Waals surface area contributed by atoms with E-state index in [0.29, 0.717) is 38.9 Å². The lowest BCUT2D eigenvalue weighted by Gasteiger charge is -2.36. The summed E-state index contributed by atoms with van der Waals surface area (Å²) in [6, 6.07) is 8.81. The lowest BCUT2D eigenvalue weighted by Crippen LogP contribution is -2.51. The van der Waals surface area contributed by atoms with E-state index in [1.807, 2.05) is 30.3 Å². The van der Waals surface area contributed by atoms with Crippen molar-refractivity contribution in [3.05, 3.63) is 30.3 Å². The molecule has 2 aliphatic heterocycles. The van der Waals surface area contributed by atoms with Crippen LogP contribution in [0.3, 0.4) is 0 Å². The minimum absolute atomic E-state index is 0.00438. The van der Waals surface area contributed by atoms with E-state index in [2.05, 4.69) is 5.32 Å². The van der Waals surface area contributed by atoms with Gasteiger partial charge in [0.2, 0.25) is 11.8 Å². The summed E-state index contributed by atoms with van der Waals surface area (Å²) in [6.07, 6.45) is 3.69. The van der Waals surface area contributed by atoms with Gasteiger partial charge in [-0.25, -0.2) is 0 Å². The Morgan fingerprint density at radius 2 is 1.70 bits per heavy atom. The lowest BCUT2D eigenvalue weighted by atomic mass is 9.95. The molecule has 2 N–H and O–H groups in total. The average molecular weight is 373 g/mol. The summed E-state index contributed by atoms with van der Waals surface area (Å²) in [6.45, 7) is 1.88. The fourth-order valence-corrected chi connectivity index (χ4v) is 3.89. The second-order valence-corrected chi connectivity index (χ2v) is 7.33. The Morgan fingerprint density at radius 1 is 1.00 bits per heavy atom. The Kier molecular flexibility index (Phi) is 6.45. The van der Waals surface area contributed by atoms with Gasteiger partial charge in [-0.15, -0.1) is 0 Å². The molecule has 2 heterocycles. The molecule has 0 saturated carbocycles. The fraction of sp³-hybridized carbons (Fsp3) is 0.550. The summed E-state index contributed by atoms with van der Waals surface area (Å²) in [5.41, 5.74) is 0.783. The predicted octanol–water partition coefficient (Wildman–Crippen LogP) is 1.80. The van der Waals surface area contributed by atoms with E-state index in [1.54, 1.807) is 9.80 Å². The van der Waals surface area contributed by atoms with Gasteiger partial charge in [-0.2, -0.15) is 0 Å². The molecular weight excluding hydrogens is 346 g/mol. The number of benzene rings is 1. The number of carboxylic acid groups (broad SMARTS) is 1. The van der Waals surface area contributed by atoms with Gasteiger partial charge in [0.1, 0.15) is 6.04 Å². The van der Waals surface area contributed by atoms with E-state index in [9.17, 15) is 19.5 Å². The van der Waals surface area contributed by atoms with Gasteiger partial charge >= 0.3 is 5.97 Å². The van der Waals surface area contributed by atoms with Crippen molar-refractivity contribution in [1.82, 2.24) is 9.80 Å². The van der Waals surface area contributed by atoms with Crippen LogP contribution in [0.5, 0.6) is 0 Å². The average Bonchev–Trinajstić information content (AvgIpc) is 2.69. The molecular formula is C20H27N3O4. The van der Waals surface area contributed by atoms with Crippen molar-refractivity contribution in [2.24, 2.45) is 5.92 Å². The number of nitrogens with zero attached hydrogens (tertiary/aromatic N) is 2. The fourth-order valence-electron chi connectivity index (χ4n) is 3.89. The van der Waals surface area contributed by atoms with Gasteiger partial charge in [-0.05, 0) is 44.4 Å². The molecule has 2 fully saturated rings. The van der Waals surface area contributed by atoms with Crippen LogP contribution in [-0.2, 0) is 14.4 Å². The SMILES string of the molecule is O=C(Nc1ccccc1)C1CCN(C(=O)CN2CCCCC2C(=O)O)CC1. The smallest absolute Gasteiger partial charge is 0.320 e. The van der Waals surface area contributed by atoms with E-state index in [4.69, 9.17) is 0 Å². The van der Waals surface area contributed by atoms with E-state index in [0.717, 1.165) is 18.5 Å². The molecule has 2 aliphatic rings. The number of likely N-dealkylation sites (tertiary alicyclic amines) is 2. The summed E-state index contributed by atoms with van der Waals surface area (Å²) < 4.78 is 0. The maximum Gasteiger partial charge on any atom is 0.320 e. The van der Waals surface area contributed by atoms with Gasteiger partial charge in [-0.3, -0.25) is 19.3 Å². The van der Waals surface area contributed by atoms with Crippen molar-refractivity contribution >= 4 is 23.5 Å². The van der Waals surface area contributed by atoms with Crippen LogP contribution in [0.2, 0.25) is 0 Å². The molecule has 0 radical (unpaired) electrons. The van der Waals surface area contributed by atoms with Gasteiger partial charge in [0.05, 0.1) is 6.54 Å². The van der Waals surface area contributed by atoms with Crippen molar-refractivity contribution in [2.75, 3.05) is 31.5 Å². The zero-order valence-electron chi connectivity index (χ0n) is 15.5. The number of piperidine rings is 2. The number of carbonyl (C=O) groups excluding carboxylic acids is 2. The second kappa shape index (κ2) is 8.99. The highest BCUT2D eigenvalue weighted by molar-refractivity contribution is 5.92. The first kappa shape index (κ1) is 19.4. The molecule has 2 saturated heterocycles. The zero-order valence-corrected chi connectivity index (χ0v) is 15.5. The molecule has 1 aromatic carbocycles. The summed E-state index contributed by atoms with van der Waals surface area (Å²) in [5.74, 6) is -0.991. The Hall–Kier alpha value is -2.41. The molecule has 146 valence electrons. The molecule has 7 heteroatoms. The Bertz CT molecular complexity index is 671. The molecule has 27 heavy (non-hydrogen) atoms. The minimum atomic E-state index is -0.848. The van der Waals surface area contributed by atoms with Gasteiger partial charge in [0, 0.05) is 24.7 Å². The summed E-state index contributed by atoms with van der Waals surface area (Å²) in [5, 5.41) is 12.3. The second-order valence-electron chi connectivity index (χ2n) is 7.33. The third-order valence-electron chi connectivity index (χ3n) is 5.50. The first-order chi connectivity index (χ1) is 13.0. The lowest BCUT2D eigenvalue weighted by molar-refractivity contribution is -0.146. The number of carbonyl (C=O) groups is 3. The van der Waals surface area contributed by atoms with Crippen molar-refractivity contribution < 1.29 is 19.5 Å². The van der Waals surface area contributed by atoms with Crippen LogP contribution in [0.1, 0.15) is 32.1 Å². The number of hydrogen-bond acceptors (Lipinski definition) is 4. The van der Waals surface area contributed by atoms with Crippen LogP contribution >= 0.6 is 0 Å². The summed E-state index contributed by atoms with van der Waals surface area (Å²) >= 11 is 0. The highest BCUT2D eigenvalue weighted by atomic mass is 16.4. The van der Waals surface area contributed by atoms with E-state index < -0.39 is 12.0 Å². The number of aliphatic carboxylic acids is 1. The summed E-state index contributed by atoms with van der Waals surface area (Å²) in [7, 11) is 0. The number of amides is 2. The minimum Gasteiger partial charge on any atom is -0.480 e. The molecule has 0 spiro atoms. The first-order valence-electron chi connectivity index (χ1n) is 9.65. The topological polar surface area (TPSA) is 90.0 Å². The molecule has 0 bridgehead atoms. The van der Waals surface area contributed by atoms with Crippen molar-refractivity contribution in [3.8, 4) is 0 Å². The van der Waals surface area contributed by atoms with Gasteiger partial charge in [0.15, 0.2) is 0 Å². The first-order valence-corrected chi connectivity index (χ1v) is 9.65. The van der Waals surface area contributed by atoms with Gasteiger partial charge in [-0.1, -0.05) is 24.6 Å². The van der Waals surface area contributed by atoms with Crippen LogP contribution in [0.15, 0.2) is 30.3 Å². The largest absolute Gasteiger partial charge is 0.480 e. The number of carboxylic acids is 1. The maximum atomic E-state index is 12.6. The Morgan fingerprint density at radius 3 is 2.37 bits per heavy atom. The van der Waals surface area contributed by atoms with E-state index >= 15 is 0 Å². The molecule has 3 rings (SSSR count). The van der Waals surface area contributed by atoms with Crippen molar-refractivity contribution in [3.63, 3.8) is 0 Å².